The van der Waals surface area contributed by atoms with Gasteiger partial charge in [-0.2, -0.15) is 0 Å². The van der Waals surface area contributed by atoms with E-state index in [4.69, 9.17) is 4.42 Å². The smallest absolute Gasteiger partial charge is 0.246 e. The summed E-state index contributed by atoms with van der Waals surface area (Å²) in [5, 5.41) is 3.54. The molecule has 1 aromatic rings. The van der Waals surface area contributed by atoms with Crippen LogP contribution in [0.1, 0.15) is 37.9 Å². The topological polar surface area (TPSA) is 45.5 Å². The van der Waals surface area contributed by atoms with Crippen molar-refractivity contribution in [1.82, 2.24) is 10.2 Å². The molecule has 0 aromatic carbocycles. The lowest BCUT2D eigenvalue weighted by Gasteiger charge is -2.38. The summed E-state index contributed by atoms with van der Waals surface area (Å²) < 4.78 is 5.23. The zero-order valence-electron chi connectivity index (χ0n) is 11.8. The van der Waals surface area contributed by atoms with E-state index in [-0.39, 0.29) is 5.91 Å². The molecule has 3 heterocycles. The first-order chi connectivity index (χ1) is 9.84. The van der Waals surface area contributed by atoms with E-state index in [1.54, 1.807) is 18.4 Å². The molecule has 2 aliphatic heterocycles. The second-order valence-electron chi connectivity index (χ2n) is 5.65. The summed E-state index contributed by atoms with van der Waals surface area (Å²) in [6, 6.07) is 4.53. The summed E-state index contributed by atoms with van der Waals surface area (Å²) in [4.78, 5) is 14.5. The van der Waals surface area contributed by atoms with Crippen LogP contribution in [0.3, 0.4) is 0 Å². The SMILES string of the molecule is O=C(C=Cc1ccco1)N1CCCCC1C1CCCN1. The van der Waals surface area contributed by atoms with Crippen molar-refractivity contribution in [2.45, 2.75) is 44.2 Å². The van der Waals surface area contributed by atoms with Gasteiger partial charge in [-0.3, -0.25) is 4.79 Å². The molecule has 1 aromatic heterocycles. The molecule has 4 nitrogen and oxygen atoms in total. The number of amides is 1. The Labute approximate surface area is 119 Å². The number of piperidine rings is 1. The van der Waals surface area contributed by atoms with Gasteiger partial charge in [-0.1, -0.05) is 0 Å². The van der Waals surface area contributed by atoms with Gasteiger partial charge in [-0.05, 0) is 56.9 Å². The van der Waals surface area contributed by atoms with E-state index in [1.165, 1.54) is 19.3 Å². The second kappa shape index (κ2) is 6.27. The lowest BCUT2D eigenvalue weighted by atomic mass is 9.94. The molecular weight excluding hydrogens is 252 g/mol. The average Bonchev–Trinajstić information content (AvgIpc) is 3.18. The van der Waals surface area contributed by atoms with Gasteiger partial charge in [0.15, 0.2) is 0 Å². The third-order valence-corrected chi connectivity index (χ3v) is 4.33. The summed E-state index contributed by atoms with van der Waals surface area (Å²) >= 11 is 0. The molecule has 2 fully saturated rings. The van der Waals surface area contributed by atoms with Crippen molar-refractivity contribution in [2.24, 2.45) is 0 Å². The number of furan rings is 1. The van der Waals surface area contributed by atoms with Crippen LogP contribution < -0.4 is 5.32 Å². The fraction of sp³-hybridized carbons (Fsp3) is 0.562. The molecule has 3 rings (SSSR count). The molecule has 2 aliphatic rings. The Morgan fingerprint density at radius 1 is 1.35 bits per heavy atom. The average molecular weight is 274 g/mol. The van der Waals surface area contributed by atoms with Crippen molar-refractivity contribution in [3.05, 3.63) is 30.2 Å². The molecule has 0 radical (unpaired) electrons. The van der Waals surface area contributed by atoms with E-state index in [0.717, 1.165) is 31.7 Å². The minimum Gasteiger partial charge on any atom is -0.465 e. The Kier molecular flexibility index (Phi) is 4.21. The van der Waals surface area contributed by atoms with Crippen LogP contribution >= 0.6 is 0 Å². The van der Waals surface area contributed by atoms with Gasteiger partial charge in [-0.25, -0.2) is 0 Å². The molecule has 1 N–H and O–H groups in total. The van der Waals surface area contributed by atoms with Crippen molar-refractivity contribution >= 4 is 12.0 Å². The maximum atomic E-state index is 12.4. The Balaban J connectivity index is 1.67. The zero-order valence-corrected chi connectivity index (χ0v) is 11.8. The van der Waals surface area contributed by atoms with Crippen LogP contribution in [-0.2, 0) is 4.79 Å². The largest absolute Gasteiger partial charge is 0.465 e. The van der Waals surface area contributed by atoms with Gasteiger partial charge in [-0.15, -0.1) is 0 Å². The van der Waals surface area contributed by atoms with Crippen LogP contribution in [0.25, 0.3) is 6.08 Å². The summed E-state index contributed by atoms with van der Waals surface area (Å²) in [6.07, 6.45) is 10.9. The van der Waals surface area contributed by atoms with Crippen molar-refractivity contribution < 1.29 is 9.21 Å². The van der Waals surface area contributed by atoms with Crippen molar-refractivity contribution in [3.63, 3.8) is 0 Å². The summed E-state index contributed by atoms with van der Waals surface area (Å²) in [6.45, 7) is 1.97. The summed E-state index contributed by atoms with van der Waals surface area (Å²) in [5.74, 6) is 0.839. The van der Waals surface area contributed by atoms with Crippen LogP contribution in [0.5, 0.6) is 0 Å². The van der Waals surface area contributed by atoms with Gasteiger partial charge >= 0.3 is 0 Å². The number of hydrogen-bond donors (Lipinski definition) is 1. The van der Waals surface area contributed by atoms with E-state index in [9.17, 15) is 4.79 Å². The Bertz CT molecular complexity index is 461. The van der Waals surface area contributed by atoms with Crippen LogP contribution in [0.4, 0.5) is 0 Å². The highest BCUT2D eigenvalue weighted by atomic mass is 16.3. The first kappa shape index (κ1) is 13.4. The molecule has 2 unspecified atom stereocenters. The van der Waals surface area contributed by atoms with Crippen molar-refractivity contribution in [1.29, 1.82) is 0 Å². The van der Waals surface area contributed by atoms with Crippen molar-refractivity contribution in [3.8, 4) is 0 Å². The number of likely N-dealkylation sites (tertiary alicyclic amines) is 1. The third kappa shape index (κ3) is 2.96. The molecule has 0 bridgehead atoms. The van der Waals surface area contributed by atoms with Crippen molar-refractivity contribution in [2.75, 3.05) is 13.1 Å². The fourth-order valence-corrected chi connectivity index (χ4v) is 3.32. The first-order valence-corrected chi connectivity index (χ1v) is 7.60. The number of nitrogens with one attached hydrogen (secondary N) is 1. The Morgan fingerprint density at radius 3 is 3.05 bits per heavy atom. The van der Waals surface area contributed by atoms with E-state index >= 15 is 0 Å². The normalized spacial score (nSPS) is 27.3. The van der Waals surface area contributed by atoms with Crippen LogP contribution in [-0.4, -0.2) is 36.0 Å². The van der Waals surface area contributed by atoms with Crippen LogP contribution in [0, 0.1) is 0 Å². The molecule has 108 valence electrons. The molecule has 1 amide bonds. The predicted octanol–water partition coefficient (Wildman–Crippen LogP) is 2.43. The van der Waals surface area contributed by atoms with Gasteiger partial charge in [0.1, 0.15) is 5.76 Å². The molecule has 4 heteroatoms. The number of hydrogen-bond acceptors (Lipinski definition) is 3. The van der Waals surface area contributed by atoms with Gasteiger partial charge in [0.25, 0.3) is 0 Å². The van der Waals surface area contributed by atoms with E-state index in [2.05, 4.69) is 5.32 Å². The maximum absolute atomic E-state index is 12.4. The number of nitrogens with zero attached hydrogens (tertiary/aromatic N) is 1. The van der Waals surface area contributed by atoms with Gasteiger partial charge in [0, 0.05) is 24.7 Å². The van der Waals surface area contributed by atoms with E-state index in [1.807, 2.05) is 17.0 Å². The summed E-state index contributed by atoms with van der Waals surface area (Å²) in [7, 11) is 0. The fourth-order valence-electron chi connectivity index (χ4n) is 3.32. The Morgan fingerprint density at radius 2 is 2.30 bits per heavy atom. The second-order valence-corrected chi connectivity index (χ2v) is 5.65. The number of rotatable bonds is 3. The number of carbonyl (C=O) groups is 1. The molecule has 0 aliphatic carbocycles. The van der Waals surface area contributed by atoms with Gasteiger partial charge in [0.05, 0.1) is 6.26 Å². The lowest BCUT2D eigenvalue weighted by Crippen LogP contribution is -2.52. The van der Waals surface area contributed by atoms with E-state index < -0.39 is 0 Å². The molecule has 2 saturated heterocycles. The molecule has 2 atom stereocenters. The maximum Gasteiger partial charge on any atom is 0.246 e. The van der Waals surface area contributed by atoms with Crippen LogP contribution in [0.15, 0.2) is 28.9 Å². The highest BCUT2D eigenvalue weighted by Gasteiger charge is 2.33. The summed E-state index contributed by atoms with van der Waals surface area (Å²) in [5.41, 5.74) is 0. The molecule has 0 saturated carbocycles. The lowest BCUT2D eigenvalue weighted by molar-refractivity contribution is -0.130. The van der Waals surface area contributed by atoms with E-state index in [0.29, 0.717) is 12.1 Å². The highest BCUT2D eigenvalue weighted by Crippen LogP contribution is 2.24. The minimum atomic E-state index is 0.111. The molecular formula is C16H22N2O2. The van der Waals surface area contributed by atoms with Crippen LogP contribution in [0.2, 0.25) is 0 Å². The quantitative estimate of drug-likeness (QED) is 0.861. The highest BCUT2D eigenvalue weighted by molar-refractivity contribution is 5.91. The third-order valence-electron chi connectivity index (χ3n) is 4.33. The molecule has 0 spiro atoms. The van der Waals surface area contributed by atoms with Gasteiger partial charge in [0.2, 0.25) is 5.91 Å². The number of carbonyl (C=O) groups excluding carboxylic acids is 1. The standard InChI is InChI=1S/C16H22N2O2/c19-16(9-8-13-5-4-12-20-13)18-11-2-1-7-15(18)14-6-3-10-17-14/h4-5,8-9,12,14-15,17H,1-3,6-7,10-11H2. The molecule has 20 heavy (non-hydrogen) atoms. The monoisotopic (exact) mass is 274 g/mol. The Hall–Kier alpha value is -1.55. The zero-order chi connectivity index (χ0) is 13.8. The first-order valence-electron chi connectivity index (χ1n) is 7.60. The predicted molar refractivity (Wildman–Crippen MR) is 78.1 cm³/mol. The van der Waals surface area contributed by atoms with Gasteiger partial charge < -0.3 is 14.6 Å². The minimum absolute atomic E-state index is 0.111.